The minimum Gasteiger partial charge on any atom is -0.455 e. The summed E-state index contributed by atoms with van der Waals surface area (Å²) in [5.74, 6) is -0.137. The second kappa shape index (κ2) is 9.65. The molecule has 1 atom stereocenters. The van der Waals surface area contributed by atoms with Gasteiger partial charge in [0.15, 0.2) is 11.6 Å². The number of hydroxylamine groups is 1. The molecule has 1 aromatic heterocycles. The van der Waals surface area contributed by atoms with Crippen molar-refractivity contribution >= 4 is 29.0 Å². The molecule has 0 amide bonds. The first-order valence-electron chi connectivity index (χ1n) is 9.93. The molecule has 1 unspecified atom stereocenters. The topological polar surface area (TPSA) is 77.7 Å². The van der Waals surface area contributed by atoms with Gasteiger partial charge >= 0.3 is 6.18 Å². The van der Waals surface area contributed by atoms with Crippen LogP contribution in [0.1, 0.15) is 16.7 Å². The highest BCUT2D eigenvalue weighted by Crippen LogP contribution is 2.33. The van der Waals surface area contributed by atoms with Crippen LogP contribution in [0.5, 0.6) is 11.5 Å². The van der Waals surface area contributed by atoms with Gasteiger partial charge in [-0.25, -0.2) is 10.2 Å². The van der Waals surface area contributed by atoms with Gasteiger partial charge in [0.2, 0.25) is 0 Å². The van der Waals surface area contributed by atoms with Crippen LogP contribution < -0.4 is 15.8 Å². The number of aryl methyl sites for hydroxylation is 1. The third kappa shape index (κ3) is 5.35. The van der Waals surface area contributed by atoms with Crippen LogP contribution in [-0.2, 0) is 24.5 Å². The van der Waals surface area contributed by atoms with Gasteiger partial charge in [0.25, 0.3) is 5.56 Å². The van der Waals surface area contributed by atoms with E-state index >= 15 is 0 Å². The third-order valence-corrected chi connectivity index (χ3v) is 5.54. The average Bonchev–Trinajstić information content (AvgIpc) is 2.78. The van der Waals surface area contributed by atoms with Crippen LogP contribution in [0.4, 0.5) is 13.2 Å². The first-order valence-corrected chi connectivity index (χ1v) is 10.7. The van der Waals surface area contributed by atoms with Gasteiger partial charge in [-0.3, -0.25) is 14.6 Å². The number of hydrogen-bond donors (Lipinski definition) is 1. The van der Waals surface area contributed by atoms with Gasteiger partial charge in [-0.05, 0) is 42.3 Å². The highest BCUT2D eigenvalue weighted by molar-refractivity contribution is 6.35. The SMILES string of the molecule is Cn1ncc(Oc2cccc(C(F)(F)F)c2)c(C2=NC(Cc3ccc(Cl)cc3Cl)CON2)c1=O. The summed E-state index contributed by atoms with van der Waals surface area (Å²) in [5, 5.41) is 4.88. The van der Waals surface area contributed by atoms with Gasteiger partial charge in [-0.2, -0.15) is 18.3 Å². The molecular weight excluding hydrogens is 496 g/mol. The molecule has 0 fully saturated rings. The number of nitrogens with zero attached hydrogens (tertiary/aromatic N) is 3. The monoisotopic (exact) mass is 512 g/mol. The maximum Gasteiger partial charge on any atom is 0.416 e. The van der Waals surface area contributed by atoms with Crippen LogP contribution in [-0.4, -0.2) is 28.3 Å². The lowest BCUT2D eigenvalue weighted by Crippen LogP contribution is -2.40. The van der Waals surface area contributed by atoms with E-state index in [1.54, 1.807) is 18.2 Å². The molecule has 0 saturated heterocycles. The highest BCUT2D eigenvalue weighted by Gasteiger charge is 2.31. The standard InChI is InChI=1S/C22H17Cl2F3N4O3/c1-31-21(32)19(18(10-28-31)34-16-4-2-3-13(8-16)22(25,26)27)20-29-15(11-33-30-20)7-12-5-6-14(23)9-17(12)24/h2-6,8-10,15H,7,11H2,1H3,(H,29,30). The Balaban J connectivity index is 1.68. The fourth-order valence-corrected chi connectivity index (χ4v) is 3.78. The second-order valence-corrected chi connectivity index (χ2v) is 8.27. The van der Waals surface area contributed by atoms with Gasteiger partial charge in [-0.15, -0.1) is 0 Å². The Kier molecular flexibility index (Phi) is 6.83. The van der Waals surface area contributed by atoms with Crippen molar-refractivity contribution in [1.29, 1.82) is 0 Å². The molecule has 0 bridgehead atoms. The van der Waals surface area contributed by atoms with E-state index in [1.807, 2.05) is 0 Å². The predicted octanol–water partition coefficient (Wildman–Crippen LogP) is 4.79. The smallest absolute Gasteiger partial charge is 0.416 e. The van der Waals surface area contributed by atoms with Gasteiger partial charge in [-0.1, -0.05) is 35.3 Å². The van der Waals surface area contributed by atoms with Crippen LogP contribution in [0.3, 0.4) is 0 Å². The Bertz CT molecular complexity index is 1310. The molecule has 2 heterocycles. The quantitative estimate of drug-likeness (QED) is 0.531. The molecule has 1 aliphatic heterocycles. The Hall–Kier alpha value is -3.08. The largest absolute Gasteiger partial charge is 0.455 e. The number of aromatic nitrogens is 2. The third-order valence-electron chi connectivity index (χ3n) is 4.96. The van der Waals surface area contributed by atoms with Crippen LogP contribution in [0, 0.1) is 0 Å². The van der Waals surface area contributed by atoms with Crippen molar-refractivity contribution < 1.29 is 22.7 Å². The van der Waals surface area contributed by atoms with E-state index < -0.39 is 23.3 Å². The van der Waals surface area contributed by atoms with Crippen LogP contribution >= 0.6 is 23.2 Å². The van der Waals surface area contributed by atoms with E-state index in [-0.39, 0.29) is 29.5 Å². The van der Waals surface area contributed by atoms with Crippen molar-refractivity contribution in [3.63, 3.8) is 0 Å². The van der Waals surface area contributed by atoms with Crippen molar-refractivity contribution in [2.24, 2.45) is 12.0 Å². The first-order chi connectivity index (χ1) is 16.1. The zero-order chi connectivity index (χ0) is 24.5. The van der Waals surface area contributed by atoms with E-state index in [0.717, 1.165) is 22.4 Å². The normalized spacial score (nSPS) is 16.1. The summed E-state index contributed by atoms with van der Waals surface area (Å²) in [6, 6.07) is 8.98. The number of halogens is 5. The van der Waals surface area contributed by atoms with Gasteiger partial charge < -0.3 is 4.74 Å². The number of amidine groups is 1. The molecule has 0 aliphatic carbocycles. The van der Waals surface area contributed by atoms with E-state index in [1.165, 1.54) is 25.4 Å². The van der Waals surface area contributed by atoms with Crippen molar-refractivity contribution in [2.45, 2.75) is 18.6 Å². The summed E-state index contributed by atoms with van der Waals surface area (Å²) in [7, 11) is 1.43. The molecule has 3 aromatic rings. The van der Waals surface area contributed by atoms with Gasteiger partial charge in [0, 0.05) is 17.1 Å². The lowest BCUT2D eigenvalue weighted by atomic mass is 10.1. The Morgan fingerprint density at radius 3 is 2.76 bits per heavy atom. The molecule has 1 N–H and O–H groups in total. The number of benzene rings is 2. The summed E-state index contributed by atoms with van der Waals surface area (Å²) < 4.78 is 45.9. The van der Waals surface area contributed by atoms with Crippen molar-refractivity contribution in [2.75, 3.05) is 6.61 Å². The minimum absolute atomic E-state index is 0.0400. The summed E-state index contributed by atoms with van der Waals surface area (Å²) in [4.78, 5) is 22.9. The van der Waals surface area contributed by atoms with Gasteiger partial charge in [0.05, 0.1) is 24.4 Å². The summed E-state index contributed by atoms with van der Waals surface area (Å²) in [5.41, 5.74) is 1.88. The Morgan fingerprint density at radius 2 is 2.03 bits per heavy atom. The Morgan fingerprint density at radius 1 is 1.24 bits per heavy atom. The molecule has 7 nitrogen and oxygen atoms in total. The number of alkyl halides is 3. The molecule has 4 rings (SSSR count). The van der Waals surface area contributed by atoms with Crippen LogP contribution in [0.15, 0.2) is 58.4 Å². The van der Waals surface area contributed by atoms with Crippen LogP contribution in [0.2, 0.25) is 10.0 Å². The molecular formula is C22H17Cl2F3N4O3. The van der Waals surface area contributed by atoms with Crippen molar-refractivity contribution in [3.8, 4) is 11.5 Å². The predicted molar refractivity (Wildman–Crippen MR) is 121 cm³/mol. The van der Waals surface area contributed by atoms with E-state index in [9.17, 15) is 18.0 Å². The summed E-state index contributed by atoms with van der Waals surface area (Å²) in [6.45, 7) is 0.192. The molecule has 34 heavy (non-hydrogen) atoms. The van der Waals surface area contributed by atoms with Gasteiger partial charge in [0.1, 0.15) is 11.3 Å². The number of nitrogens with one attached hydrogen (secondary N) is 1. The maximum absolute atomic E-state index is 13.1. The second-order valence-electron chi connectivity index (χ2n) is 7.42. The fraction of sp³-hybridized carbons (Fsp3) is 0.227. The molecule has 2 aromatic carbocycles. The molecule has 1 aliphatic rings. The van der Waals surface area contributed by atoms with E-state index in [4.69, 9.17) is 32.8 Å². The summed E-state index contributed by atoms with van der Waals surface area (Å²) in [6.07, 6.45) is -2.93. The molecule has 178 valence electrons. The molecule has 0 saturated carbocycles. The highest BCUT2D eigenvalue weighted by atomic mass is 35.5. The fourth-order valence-electron chi connectivity index (χ4n) is 3.30. The van der Waals surface area contributed by atoms with E-state index in [2.05, 4.69) is 15.6 Å². The molecule has 0 spiro atoms. The Labute approximate surface area is 201 Å². The van der Waals surface area contributed by atoms with E-state index in [0.29, 0.717) is 16.5 Å². The number of aliphatic imine (C=N–C) groups is 1. The molecule has 0 radical (unpaired) electrons. The minimum atomic E-state index is -4.55. The first kappa shape index (κ1) is 24.1. The number of ether oxygens (including phenoxy) is 1. The maximum atomic E-state index is 13.1. The van der Waals surface area contributed by atoms with Crippen LogP contribution in [0.25, 0.3) is 0 Å². The van der Waals surface area contributed by atoms with Crippen molar-refractivity contribution in [1.82, 2.24) is 15.3 Å². The number of rotatable bonds is 5. The zero-order valence-corrected chi connectivity index (χ0v) is 19.1. The lowest BCUT2D eigenvalue weighted by molar-refractivity contribution is -0.137. The zero-order valence-electron chi connectivity index (χ0n) is 17.6. The molecule has 12 heteroatoms. The number of hydrogen-bond acceptors (Lipinski definition) is 6. The van der Waals surface area contributed by atoms with Crippen molar-refractivity contribution in [3.05, 3.63) is 85.8 Å². The average molecular weight is 513 g/mol. The lowest BCUT2D eigenvalue weighted by Gasteiger charge is -2.23. The summed E-state index contributed by atoms with van der Waals surface area (Å²) >= 11 is 12.2.